The maximum atomic E-state index is 8.88. The van der Waals surface area contributed by atoms with Crippen LogP contribution >= 0.6 is 7.82 Å². The summed E-state index contributed by atoms with van der Waals surface area (Å²) < 4.78 is 8.88. The van der Waals surface area contributed by atoms with Crippen LogP contribution in [0.15, 0.2) is 0 Å². The van der Waals surface area contributed by atoms with Crippen LogP contribution in [0.4, 0.5) is 0 Å². The molecule has 0 saturated carbocycles. The first kappa shape index (κ1) is 136. The molecule has 0 heterocycles. The van der Waals surface area contributed by atoms with Crippen molar-refractivity contribution < 1.29 is 80.1 Å². The van der Waals surface area contributed by atoms with E-state index in [1.807, 2.05) is 0 Å². The number of phosphoric acid groups is 1. The molecule has 0 bridgehead atoms. The molecule has 14 heavy (non-hydrogen) atoms. The second-order valence-corrected chi connectivity index (χ2v) is 1.54. The number of hydrogen-bond donors (Lipinski definition) is 3. The van der Waals surface area contributed by atoms with Gasteiger partial charge in [-0.15, -0.1) is 0 Å². The van der Waals surface area contributed by atoms with Crippen LogP contribution in [0.5, 0.6) is 0 Å². The van der Waals surface area contributed by atoms with E-state index in [9.17, 15) is 0 Å². The summed E-state index contributed by atoms with van der Waals surface area (Å²) in [6.07, 6.45) is 0. The molecule has 0 spiro atoms. The molecule has 0 aliphatic heterocycles. The van der Waals surface area contributed by atoms with Gasteiger partial charge in [-0.2, -0.15) is 0 Å². The van der Waals surface area contributed by atoms with Crippen molar-refractivity contribution in [3.63, 3.8) is 0 Å². The average molecular weight is 297 g/mol. The van der Waals surface area contributed by atoms with Crippen LogP contribution in [0.2, 0.25) is 0 Å². The third kappa shape index (κ3) is 16400. The van der Waals surface area contributed by atoms with Gasteiger partial charge in [-0.25, -0.2) is 4.57 Å². The average Bonchev–Trinajstić information content (AvgIpc) is 0.722. The smallest absolute Gasteiger partial charge is 0.412 e. The van der Waals surface area contributed by atoms with Gasteiger partial charge in [0.2, 0.25) is 0 Å². The van der Waals surface area contributed by atoms with Crippen molar-refractivity contribution >= 4 is 7.82 Å². The van der Waals surface area contributed by atoms with E-state index in [0.717, 1.165) is 0 Å². The Balaban J connectivity index is -0.00000000222. The predicted molar refractivity (Wildman–Crippen MR) is 43.2 cm³/mol. The zero-order valence-electron chi connectivity index (χ0n) is 6.58. The standard InChI is InChI=1S/Mn.H3O4P.8H2O/c;1-5(2,3)4;;;;;;;;/h;(H3,1,2,3,4);8*1H2. The van der Waals surface area contributed by atoms with Crippen LogP contribution in [-0.2, 0) is 21.6 Å². The normalized spacial score (nSPS) is 4.21. The molecule has 0 rings (SSSR count). The second-order valence-electron chi connectivity index (χ2n) is 0.513. The molecule has 0 aliphatic rings. The molecular weight excluding hydrogens is 278 g/mol. The number of hydrogen-bond acceptors (Lipinski definition) is 1. The van der Waals surface area contributed by atoms with E-state index in [1.165, 1.54) is 0 Å². The third-order valence-electron chi connectivity index (χ3n) is 0. The Morgan fingerprint density at radius 3 is 0.571 bits per heavy atom. The van der Waals surface area contributed by atoms with Crippen LogP contribution in [0.25, 0.3) is 0 Å². The fraction of sp³-hybridized carbons (Fsp3) is 0. The first-order valence-corrected chi connectivity index (χ1v) is 2.35. The van der Waals surface area contributed by atoms with E-state index in [0.29, 0.717) is 0 Å². The third-order valence-corrected chi connectivity index (χ3v) is 0. The fourth-order valence-corrected chi connectivity index (χ4v) is 0. The van der Waals surface area contributed by atoms with Gasteiger partial charge in [0.05, 0.1) is 0 Å². The molecule has 19 N–H and O–H groups in total. The van der Waals surface area contributed by atoms with Crippen molar-refractivity contribution in [3.8, 4) is 0 Å². The quantitative estimate of drug-likeness (QED) is 0.289. The summed E-state index contributed by atoms with van der Waals surface area (Å²) in [6.45, 7) is 0. The topological polar surface area (TPSA) is 330 Å². The van der Waals surface area contributed by atoms with Crippen molar-refractivity contribution in [3.05, 3.63) is 0 Å². The largest absolute Gasteiger partial charge is 0.466 e. The Morgan fingerprint density at radius 2 is 0.571 bits per heavy atom. The van der Waals surface area contributed by atoms with Crippen LogP contribution in [0.1, 0.15) is 0 Å². The molecule has 0 amide bonds. The molecule has 0 unspecified atom stereocenters. The Hall–Kier alpha value is 0.309. The van der Waals surface area contributed by atoms with Gasteiger partial charge in [-0.3, -0.25) is 0 Å². The van der Waals surface area contributed by atoms with Gasteiger partial charge < -0.3 is 58.5 Å². The zero-order valence-corrected chi connectivity index (χ0v) is 8.65. The van der Waals surface area contributed by atoms with Crippen LogP contribution in [0.3, 0.4) is 0 Å². The van der Waals surface area contributed by atoms with Gasteiger partial charge in [-0.1, -0.05) is 0 Å². The molecule has 1 radical (unpaired) electrons. The summed E-state index contributed by atoms with van der Waals surface area (Å²) in [7, 11) is -4.64. The Kier molecular flexibility index (Phi) is 494. The summed E-state index contributed by atoms with van der Waals surface area (Å²) in [5.74, 6) is 0. The first-order valence-electron chi connectivity index (χ1n) is 0.783. The molecule has 0 fully saturated rings. The predicted octanol–water partition coefficient (Wildman–Crippen LogP) is -7.53. The van der Waals surface area contributed by atoms with E-state index in [-0.39, 0.29) is 60.9 Å². The molecule has 0 saturated heterocycles. The SMILES string of the molecule is O.O.O.O.O.O.O.O.O=P(O)(O)O.[Mn]. The van der Waals surface area contributed by atoms with Crippen molar-refractivity contribution in [2.75, 3.05) is 0 Å². The summed E-state index contributed by atoms with van der Waals surface area (Å²) in [5.41, 5.74) is 0. The van der Waals surface area contributed by atoms with Gasteiger partial charge in [0.15, 0.2) is 0 Å². The molecule has 14 heteroatoms. The zero-order chi connectivity index (χ0) is 4.50. The van der Waals surface area contributed by atoms with Crippen LogP contribution in [-0.4, -0.2) is 58.5 Å². The van der Waals surface area contributed by atoms with E-state index < -0.39 is 7.82 Å². The van der Waals surface area contributed by atoms with Gasteiger partial charge >= 0.3 is 7.82 Å². The molecule has 0 aliphatic carbocycles. The summed E-state index contributed by atoms with van der Waals surface area (Å²) in [5, 5.41) is 0. The van der Waals surface area contributed by atoms with E-state index in [1.54, 1.807) is 0 Å². The van der Waals surface area contributed by atoms with E-state index >= 15 is 0 Å². The fourth-order valence-electron chi connectivity index (χ4n) is 0. The molecule has 103 valence electrons. The Labute approximate surface area is 88.7 Å². The molecule has 0 aromatic carbocycles. The van der Waals surface area contributed by atoms with Crippen LogP contribution < -0.4 is 0 Å². The monoisotopic (exact) mass is 297 g/mol. The van der Waals surface area contributed by atoms with E-state index in [2.05, 4.69) is 0 Å². The summed E-state index contributed by atoms with van der Waals surface area (Å²) in [4.78, 5) is 21.6. The van der Waals surface area contributed by atoms with E-state index in [4.69, 9.17) is 19.2 Å². The minimum atomic E-state index is -4.64. The van der Waals surface area contributed by atoms with Crippen LogP contribution in [0, 0.1) is 0 Å². The van der Waals surface area contributed by atoms with Crippen molar-refractivity contribution in [1.82, 2.24) is 0 Å². The Bertz CT molecular complexity index is 56.5. The molecule has 0 aromatic heterocycles. The second kappa shape index (κ2) is 50.7. The van der Waals surface area contributed by atoms with Crippen molar-refractivity contribution in [1.29, 1.82) is 0 Å². The molecule has 0 aromatic rings. The van der Waals surface area contributed by atoms with Crippen molar-refractivity contribution in [2.45, 2.75) is 0 Å². The molecular formula is H19MnO12P. The molecule has 0 atom stereocenters. The minimum absolute atomic E-state index is 0. The summed E-state index contributed by atoms with van der Waals surface area (Å²) in [6, 6.07) is 0. The van der Waals surface area contributed by atoms with Gasteiger partial charge in [0.1, 0.15) is 0 Å². The summed E-state index contributed by atoms with van der Waals surface area (Å²) >= 11 is 0. The maximum Gasteiger partial charge on any atom is 0.466 e. The number of rotatable bonds is 0. The first-order chi connectivity index (χ1) is 2.00. The maximum absolute atomic E-state index is 8.88. The van der Waals surface area contributed by atoms with Gasteiger partial charge in [0, 0.05) is 17.1 Å². The molecule has 12 nitrogen and oxygen atoms in total. The van der Waals surface area contributed by atoms with Crippen molar-refractivity contribution in [2.24, 2.45) is 0 Å². The Morgan fingerprint density at radius 1 is 0.571 bits per heavy atom. The van der Waals surface area contributed by atoms with Gasteiger partial charge in [-0.05, 0) is 0 Å². The van der Waals surface area contributed by atoms with Gasteiger partial charge in [0.25, 0.3) is 0 Å². The minimum Gasteiger partial charge on any atom is -0.412 e.